The average Bonchev–Trinajstić information content (AvgIpc) is 2.71. The number of aromatic nitrogens is 4. The van der Waals surface area contributed by atoms with Crippen LogP contribution >= 0.6 is 15.2 Å². The first-order chi connectivity index (χ1) is 9.47. The predicted molar refractivity (Wildman–Crippen MR) is 68.8 cm³/mol. The van der Waals surface area contributed by atoms with E-state index in [0.29, 0.717) is 0 Å². The summed E-state index contributed by atoms with van der Waals surface area (Å²) in [4.78, 5) is 47.4. The molecule has 7 N–H and O–H groups in total. The van der Waals surface area contributed by atoms with Crippen LogP contribution in [0.2, 0.25) is 0 Å². The molecule has 0 saturated carbocycles. The van der Waals surface area contributed by atoms with Gasteiger partial charge >= 0.3 is 15.2 Å². The Labute approximate surface area is 116 Å². The predicted octanol–water partition coefficient (Wildman–Crippen LogP) is -1.59. The van der Waals surface area contributed by atoms with Gasteiger partial charge in [-0.15, -0.1) is 0 Å². The Hall–Kier alpha value is -1.39. The molecule has 14 heteroatoms. The summed E-state index contributed by atoms with van der Waals surface area (Å²) < 4.78 is 23.4. The van der Waals surface area contributed by atoms with Gasteiger partial charge in [0.1, 0.15) is 11.8 Å². The number of nitrogens with two attached hydrogens (primary N) is 1. The summed E-state index contributed by atoms with van der Waals surface area (Å²) in [5, 5.41) is 6.23. The van der Waals surface area contributed by atoms with Gasteiger partial charge in [-0.25, -0.2) is 15.0 Å². The molecule has 21 heavy (non-hydrogen) atoms. The van der Waals surface area contributed by atoms with E-state index in [1.165, 1.54) is 0 Å². The fraction of sp³-hybridized carbons (Fsp3) is 0.286. The highest BCUT2D eigenvalue weighted by molar-refractivity contribution is 7.72. The molecule has 0 saturated heterocycles. The third-order valence-corrected chi connectivity index (χ3v) is 6.46. The SMILES string of the molecule is Nc1ncnc2c1ncn2CC(O)(P(=O)(O)O)P(=O)(O)O. The summed E-state index contributed by atoms with van der Waals surface area (Å²) >= 11 is 0. The number of nitrogens with zero attached hydrogens (tertiary/aromatic N) is 4. The van der Waals surface area contributed by atoms with Crippen LogP contribution in [0.15, 0.2) is 12.7 Å². The van der Waals surface area contributed by atoms with E-state index in [2.05, 4.69) is 15.0 Å². The molecular weight excluding hydrogens is 328 g/mol. The minimum atomic E-state index is -5.57. The first kappa shape index (κ1) is 16.0. The standard InChI is InChI=1S/C7H11N5O7P2/c8-5-4-6(10-2-9-5)12(3-11-4)1-7(13,20(14,15)16)21(17,18)19/h2-3,13H,1H2,(H2,8,9,10)(H2,14,15,16)(H2,17,18,19). The molecule has 116 valence electrons. The summed E-state index contributed by atoms with van der Waals surface area (Å²) in [5.74, 6) is -0.0327. The highest BCUT2D eigenvalue weighted by atomic mass is 31.2. The molecule has 2 rings (SSSR count). The molecule has 2 aromatic heterocycles. The van der Waals surface area contributed by atoms with Crippen LogP contribution in [0.1, 0.15) is 0 Å². The minimum Gasteiger partial charge on any atom is -0.382 e. The Kier molecular flexibility index (Phi) is 3.67. The van der Waals surface area contributed by atoms with Crippen molar-refractivity contribution in [1.29, 1.82) is 0 Å². The zero-order chi connectivity index (χ0) is 16.1. The molecule has 0 aliphatic rings. The Morgan fingerprint density at radius 2 is 1.71 bits per heavy atom. The number of anilines is 1. The fourth-order valence-corrected chi connectivity index (χ4v) is 3.63. The fourth-order valence-electron chi connectivity index (χ4n) is 1.60. The zero-order valence-electron chi connectivity index (χ0n) is 10.2. The molecular formula is C7H11N5O7P2. The summed E-state index contributed by atoms with van der Waals surface area (Å²) in [7, 11) is -11.1. The first-order valence-electron chi connectivity index (χ1n) is 5.22. The number of rotatable bonds is 4. The van der Waals surface area contributed by atoms with Crippen LogP contribution in [-0.4, -0.2) is 49.3 Å². The van der Waals surface area contributed by atoms with Gasteiger partial charge in [0.2, 0.25) is 0 Å². The van der Waals surface area contributed by atoms with Gasteiger partial charge in [0, 0.05) is 0 Å². The Morgan fingerprint density at radius 3 is 2.24 bits per heavy atom. The van der Waals surface area contributed by atoms with Crippen LogP contribution in [0.5, 0.6) is 0 Å². The van der Waals surface area contributed by atoms with Crippen LogP contribution in [0.3, 0.4) is 0 Å². The lowest BCUT2D eigenvalue weighted by atomic mass is 10.5. The van der Waals surface area contributed by atoms with Crippen molar-refractivity contribution in [1.82, 2.24) is 19.5 Å². The van der Waals surface area contributed by atoms with Gasteiger partial charge in [-0.1, -0.05) is 0 Å². The minimum absolute atomic E-state index is 0.0327. The molecule has 0 bridgehead atoms. The van der Waals surface area contributed by atoms with Crippen molar-refractivity contribution in [2.75, 3.05) is 5.73 Å². The van der Waals surface area contributed by atoms with Gasteiger partial charge in [0.25, 0.3) is 5.08 Å². The molecule has 0 spiro atoms. The molecule has 0 atom stereocenters. The Morgan fingerprint density at radius 1 is 1.14 bits per heavy atom. The lowest BCUT2D eigenvalue weighted by Crippen LogP contribution is -2.33. The summed E-state index contributed by atoms with van der Waals surface area (Å²) in [6.45, 7) is -1.13. The van der Waals surface area contributed by atoms with E-state index in [4.69, 9.17) is 25.3 Å². The highest BCUT2D eigenvalue weighted by Crippen LogP contribution is 2.68. The van der Waals surface area contributed by atoms with E-state index < -0.39 is 26.8 Å². The van der Waals surface area contributed by atoms with Crippen molar-refractivity contribution < 1.29 is 33.8 Å². The van der Waals surface area contributed by atoms with E-state index in [9.17, 15) is 14.2 Å². The van der Waals surface area contributed by atoms with Gasteiger partial charge in [-0.2, -0.15) is 0 Å². The molecule has 0 aliphatic carbocycles. The van der Waals surface area contributed by atoms with Crippen LogP contribution in [0.25, 0.3) is 11.2 Å². The zero-order valence-corrected chi connectivity index (χ0v) is 12.0. The molecule has 12 nitrogen and oxygen atoms in total. The van der Waals surface area contributed by atoms with Gasteiger partial charge < -0.3 is 35.0 Å². The quantitative estimate of drug-likeness (QED) is 0.350. The van der Waals surface area contributed by atoms with Crippen molar-refractivity contribution in [2.45, 2.75) is 11.6 Å². The molecule has 0 aliphatic heterocycles. The molecule has 2 heterocycles. The lowest BCUT2D eigenvalue weighted by Gasteiger charge is -2.29. The topological polar surface area (TPSA) is 205 Å². The molecule has 2 aromatic rings. The summed E-state index contributed by atoms with van der Waals surface area (Å²) in [6.07, 6.45) is 2.01. The third-order valence-electron chi connectivity index (χ3n) is 2.75. The molecule has 0 aromatic carbocycles. The number of fused-ring (bicyclic) bond motifs is 1. The average molecular weight is 339 g/mol. The van der Waals surface area contributed by atoms with E-state index in [1.54, 1.807) is 0 Å². The normalized spacial score (nSPS) is 13.8. The number of aliphatic hydroxyl groups is 1. The summed E-state index contributed by atoms with van der Waals surface area (Å²) in [5.41, 5.74) is 5.54. The maximum absolute atomic E-state index is 11.3. The van der Waals surface area contributed by atoms with Gasteiger partial charge in [0.05, 0.1) is 12.9 Å². The van der Waals surface area contributed by atoms with E-state index >= 15 is 0 Å². The molecule has 0 fully saturated rings. The van der Waals surface area contributed by atoms with Crippen molar-refractivity contribution in [2.24, 2.45) is 0 Å². The van der Waals surface area contributed by atoms with Crippen molar-refractivity contribution in [3.63, 3.8) is 0 Å². The van der Waals surface area contributed by atoms with Crippen LogP contribution in [0, 0.1) is 0 Å². The number of nitrogen functional groups attached to an aromatic ring is 1. The van der Waals surface area contributed by atoms with Gasteiger partial charge in [0.15, 0.2) is 11.5 Å². The van der Waals surface area contributed by atoms with Gasteiger partial charge in [-0.3, -0.25) is 9.13 Å². The monoisotopic (exact) mass is 339 g/mol. The van der Waals surface area contributed by atoms with Crippen LogP contribution in [0.4, 0.5) is 5.82 Å². The van der Waals surface area contributed by atoms with Crippen molar-refractivity contribution >= 4 is 32.2 Å². The Balaban J connectivity index is 2.58. The van der Waals surface area contributed by atoms with E-state index in [0.717, 1.165) is 17.2 Å². The smallest absolute Gasteiger partial charge is 0.371 e. The third kappa shape index (κ3) is 2.58. The van der Waals surface area contributed by atoms with Crippen molar-refractivity contribution in [3.05, 3.63) is 12.7 Å². The Bertz CT molecular complexity index is 757. The molecule has 0 unspecified atom stereocenters. The maximum Gasteiger partial charge on any atom is 0.371 e. The second-order valence-electron chi connectivity index (χ2n) is 4.17. The second-order valence-corrected chi connectivity index (χ2v) is 8.17. The largest absolute Gasteiger partial charge is 0.382 e. The molecule has 0 radical (unpaired) electrons. The lowest BCUT2D eigenvalue weighted by molar-refractivity contribution is 0.116. The number of hydrogen-bond donors (Lipinski definition) is 6. The van der Waals surface area contributed by atoms with E-state index in [1.807, 2.05) is 0 Å². The second kappa shape index (κ2) is 4.82. The van der Waals surface area contributed by atoms with Gasteiger partial charge in [-0.05, 0) is 0 Å². The van der Waals surface area contributed by atoms with Crippen LogP contribution < -0.4 is 5.73 Å². The molecule has 0 amide bonds. The van der Waals surface area contributed by atoms with Crippen molar-refractivity contribution in [3.8, 4) is 0 Å². The summed E-state index contributed by atoms with van der Waals surface area (Å²) in [6, 6.07) is 0. The number of hydrogen-bond acceptors (Lipinski definition) is 7. The van der Waals surface area contributed by atoms with Crippen LogP contribution in [-0.2, 0) is 15.7 Å². The first-order valence-corrected chi connectivity index (χ1v) is 8.45. The number of imidazole rings is 1. The maximum atomic E-state index is 11.3. The highest BCUT2D eigenvalue weighted by Gasteiger charge is 2.59. The van der Waals surface area contributed by atoms with E-state index in [-0.39, 0.29) is 17.0 Å².